The Hall–Kier alpha value is -1.82. The zero-order valence-electron chi connectivity index (χ0n) is 15.7. The second-order valence-electron chi connectivity index (χ2n) is 6.65. The van der Waals surface area contributed by atoms with Crippen molar-refractivity contribution in [3.8, 4) is 0 Å². The third kappa shape index (κ3) is 5.12. The predicted molar refractivity (Wildman–Crippen MR) is 112 cm³/mol. The van der Waals surface area contributed by atoms with Crippen LogP contribution in [0.4, 0.5) is 5.69 Å². The molecule has 142 valence electrons. The van der Waals surface area contributed by atoms with Gasteiger partial charge in [-0.3, -0.25) is 9.79 Å². The number of rotatable bonds is 6. The summed E-state index contributed by atoms with van der Waals surface area (Å²) >= 11 is 7.78. The molecule has 1 N–H and O–H groups in total. The number of carbonyl (C=O) groups excluding carboxylic acids is 1. The van der Waals surface area contributed by atoms with E-state index in [0.29, 0.717) is 23.7 Å². The number of halogens is 1. The standard InChI is InChI=1S/C21H23ClN2O2S/c1-13(2)26-10-4-9-23-21(25)15-5-7-20-18(11-15)24-14(3)17-12-16(22)6-8-19(17)27-20/h5-8,11-13H,4,9-10H2,1-3H3,(H,23,25). The van der Waals surface area contributed by atoms with Gasteiger partial charge in [0.2, 0.25) is 0 Å². The molecule has 2 aromatic rings. The molecule has 0 unspecified atom stereocenters. The summed E-state index contributed by atoms with van der Waals surface area (Å²) < 4.78 is 5.49. The first-order chi connectivity index (χ1) is 12.9. The minimum atomic E-state index is -0.0926. The van der Waals surface area contributed by atoms with Gasteiger partial charge in [-0.05, 0) is 63.6 Å². The van der Waals surface area contributed by atoms with Crippen molar-refractivity contribution in [3.05, 3.63) is 52.5 Å². The highest BCUT2D eigenvalue weighted by Gasteiger charge is 2.17. The number of hydrogen-bond acceptors (Lipinski definition) is 4. The van der Waals surface area contributed by atoms with Crippen LogP contribution in [0, 0.1) is 0 Å². The van der Waals surface area contributed by atoms with Gasteiger partial charge in [0.1, 0.15) is 0 Å². The lowest BCUT2D eigenvalue weighted by molar-refractivity contribution is 0.0757. The van der Waals surface area contributed by atoms with E-state index in [1.807, 2.05) is 57.2 Å². The third-order valence-electron chi connectivity index (χ3n) is 4.12. The lowest BCUT2D eigenvalue weighted by Crippen LogP contribution is -2.25. The molecule has 0 aromatic heterocycles. The van der Waals surface area contributed by atoms with E-state index in [1.165, 1.54) is 0 Å². The lowest BCUT2D eigenvalue weighted by atomic mass is 10.1. The van der Waals surface area contributed by atoms with Gasteiger partial charge in [0.25, 0.3) is 5.91 Å². The smallest absolute Gasteiger partial charge is 0.251 e. The molecule has 0 saturated heterocycles. The Kier molecular flexibility index (Phi) is 6.58. The number of aliphatic imine (C=N–C) groups is 1. The summed E-state index contributed by atoms with van der Waals surface area (Å²) in [5.74, 6) is -0.0926. The molecule has 4 nitrogen and oxygen atoms in total. The zero-order valence-corrected chi connectivity index (χ0v) is 17.3. The SMILES string of the molecule is CC1=Nc2cc(C(=O)NCCCOC(C)C)ccc2Sc2ccc(Cl)cc21. The number of carbonyl (C=O) groups is 1. The molecule has 3 rings (SSSR count). The second-order valence-corrected chi connectivity index (χ2v) is 8.17. The molecule has 1 heterocycles. The monoisotopic (exact) mass is 402 g/mol. The van der Waals surface area contributed by atoms with Crippen molar-refractivity contribution in [2.45, 2.75) is 43.1 Å². The van der Waals surface area contributed by atoms with E-state index in [0.717, 1.165) is 33.2 Å². The van der Waals surface area contributed by atoms with Crippen LogP contribution in [-0.2, 0) is 4.74 Å². The first kappa shape index (κ1) is 19.9. The van der Waals surface area contributed by atoms with Gasteiger partial charge in [-0.15, -0.1) is 0 Å². The molecule has 0 atom stereocenters. The number of hydrogen-bond donors (Lipinski definition) is 1. The molecular formula is C21H23ClN2O2S. The molecule has 2 aromatic carbocycles. The van der Waals surface area contributed by atoms with Crippen molar-refractivity contribution in [1.82, 2.24) is 5.32 Å². The fraction of sp³-hybridized carbons (Fsp3) is 0.333. The number of nitrogens with zero attached hydrogens (tertiary/aromatic N) is 1. The van der Waals surface area contributed by atoms with Crippen LogP contribution in [0.2, 0.25) is 5.02 Å². The Morgan fingerprint density at radius 2 is 2.00 bits per heavy atom. The van der Waals surface area contributed by atoms with Crippen LogP contribution in [0.1, 0.15) is 43.1 Å². The molecule has 0 saturated carbocycles. The van der Waals surface area contributed by atoms with E-state index in [1.54, 1.807) is 11.8 Å². The number of benzene rings is 2. The summed E-state index contributed by atoms with van der Waals surface area (Å²) in [6, 6.07) is 11.5. The van der Waals surface area contributed by atoms with Crippen molar-refractivity contribution in [1.29, 1.82) is 0 Å². The lowest BCUT2D eigenvalue weighted by Gasteiger charge is -2.09. The molecule has 27 heavy (non-hydrogen) atoms. The summed E-state index contributed by atoms with van der Waals surface area (Å²) in [5.41, 5.74) is 3.34. The van der Waals surface area contributed by atoms with E-state index in [2.05, 4.69) is 5.32 Å². The summed E-state index contributed by atoms with van der Waals surface area (Å²) in [6.45, 7) is 7.20. The number of fused-ring (bicyclic) bond motifs is 2. The number of nitrogens with one attached hydrogen (secondary N) is 1. The van der Waals surface area contributed by atoms with Crippen molar-refractivity contribution in [2.75, 3.05) is 13.2 Å². The van der Waals surface area contributed by atoms with Gasteiger partial charge in [0, 0.05) is 44.8 Å². The Balaban J connectivity index is 1.72. The van der Waals surface area contributed by atoms with Gasteiger partial charge in [-0.25, -0.2) is 0 Å². The fourth-order valence-corrected chi connectivity index (χ4v) is 3.97. The van der Waals surface area contributed by atoms with Gasteiger partial charge >= 0.3 is 0 Å². The van der Waals surface area contributed by atoms with Crippen molar-refractivity contribution < 1.29 is 9.53 Å². The summed E-state index contributed by atoms with van der Waals surface area (Å²) in [7, 11) is 0. The molecule has 0 radical (unpaired) electrons. The Morgan fingerprint density at radius 1 is 1.22 bits per heavy atom. The zero-order chi connectivity index (χ0) is 19.4. The quantitative estimate of drug-likeness (QED) is 0.650. The summed E-state index contributed by atoms with van der Waals surface area (Å²) in [5, 5.41) is 3.63. The van der Waals surface area contributed by atoms with E-state index >= 15 is 0 Å². The normalized spacial score (nSPS) is 12.9. The van der Waals surface area contributed by atoms with E-state index in [9.17, 15) is 4.79 Å². The first-order valence-corrected chi connectivity index (χ1v) is 10.2. The largest absolute Gasteiger partial charge is 0.379 e. The van der Waals surface area contributed by atoms with Crippen molar-refractivity contribution in [3.63, 3.8) is 0 Å². The summed E-state index contributed by atoms with van der Waals surface area (Å²) in [6.07, 6.45) is 1.00. The molecule has 0 spiro atoms. The Labute approximate surface area is 169 Å². The van der Waals surface area contributed by atoms with Crippen LogP contribution < -0.4 is 5.32 Å². The highest BCUT2D eigenvalue weighted by atomic mass is 35.5. The molecule has 1 aliphatic heterocycles. The molecule has 1 amide bonds. The molecule has 6 heteroatoms. The number of amides is 1. The molecule has 0 aliphatic carbocycles. The van der Waals surface area contributed by atoms with Crippen molar-refractivity contribution in [2.24, 2.45) is 4.99 Å². The minimum Gasteiger partial charge on any atom is -0.379 e. The van der Waals surface area contributed by atoms with Crippen LogP contribution >= 0.6 is 23.4 Å². The van der Waals surface area contributed by atoms with Gasteiger partial charge in [0.05, 0.1) is 11.8 Å². The van der Waals surface area contributed by atoms with Gasteiger partial charge < -0.3 is 10.1 Å². The van der Waals surface area contributed by atoms with Gasteiger partial charge in [-0.2, -0.15) is 0 Å². The van der Waals surface area contributed by atoms with Gasteiger partial charge in [-0.1, -0.05) is 23.4 Å². The average molecular weight is 403 g/mol. The topological polar surface area (TPSA) is 50.7 Å². The van der Waals surface area contributed by atoms with Crippen LogP contribution in [-0.4, -0.2) is 30.9 Å². The Morgan fingerprint density at radius 3 is 2.78 bits per heavy atom. The average Bonchev–Trinajstić information content (AvgIpc) is 2.76. The predicted octanol–water partition coefficient (Wildman–Crippen LogP) is 5.49. The fourth-order valence-electron chi connectivity index (χ4n) is 2.76. The molecular weight excluding hydrogens is 380 g/mol. The maximum absolute atomic E-state index is 12.4. The number of ether oxygens (including phenoxy) is 1. The highest BCUT2D eigenvalue weighted by Crippen LogP contribution is 2.41. The van der Waals surface area contributed by atoms with Crippen LogP contribution in [0.5, 0.6) is 0 Å². The molecule has 0 fully saturated rings. The van der Waals surface area contributed by atoms with E-state index < -0.39 is 0 Å². The molecule has 0 bridgehead atoms. The first-order valence-electron chi connectivity index (χ1n) is 9.01. The maximum atomic E-state index is 12.4. The minimum absolute atomic E-state index is 0.0926. The van der Waals surface area contributed by atoms with Crippen LogP contribution in [0.25, 0.3) is 0 Å². The highest BCUT2D eigenvalue weighted by molar-refractivity contribution is 7.99. The van der Waals surface area contributed by atoms with E-state index in [4.69, 9.17) is 21.3 Å². The second kappa shape index (κ2) is 8.91. The maximum Gasteiger partial charge on any atom is 0.251 e. The molecule has 1 aliphatic rings. The summed E-state index contributed by atoms with van der Waals surface area (Å²) in [4.78, 5) is 19.3. The van der Waals surface area contributed by atoms with Crippen molar-refractivity contribution >= 4 is 40.7 Å². The van der Waals surface area contributed by atoms with E-state index in [-0.39, 0.29) is 12.0 Å². The van der Waals surface area contributed by atoms with Crippen LogP contribution in [0.3, 0.4) is 0 Å². The van der Waals surface area contributed by atoms with Crippen LogP contribution in [0.15, 0.2) is 51.2 Å². The third-order valence-corrected chi connectivity index (χ3v) is 5.49. The van der Waals surface area contributed by atoms with Gasteiger partial charge in [0.15, 0.2) is 0 Å². The Bertz CT molecular complexity index is 880.